The van der Waals surface area contributed by atoms with Crippen LogP contribution in [0.25, 0.3) is 0 Å². The van der Waals surface area contributed by atoms with Crippen molar-refractivity contribution < 1.29 is 4.79 Å². The quantitative estimate of drug-likeness (QED) is 0.837. The van der Waals surface area contributed by atoms with Crippen LogP contribution in [-0.4, -0.2) is 60.5 Å². The molecule has 1 N–H and O–H groups in total. The van der Waals surface area contributed by atoms with E-state index in [0.717, 1.165) is 45.2 Å². The van der Waals surface area contributed by atoms with Gasteiger partial charge in [0.15, 0.2) is 0 Å². The molecule has 0 radical (unpaired) electrons. The van der Waals surface area contributed by atoms with Gasteiger partial charge in [-0.15, -0.1) is 24.8 Å². The summed E-state index contributed by atoms with van der Waals surface area (Å²) in [5, 5.41) is 3.38. The molecular weight excluding hydrogens is 309 g/mol. The summed E-state index contributed by atoms with van der Waals surface area (Å²) in [6, 6.07) is 0.914. The molecule has 0 bridgehead atoms. The van der Waals surface area contributed by atoms with Gasteiger partial charge in [0, 0.05) is 32.2 Å². The van der Waals surface area contributed by atoms with Gasteiger partial charge in [-0.3, -0.25) is 9.69 Å². The molecule has 0 spiro atoms. The smallest absolute Gasteiger partial charge is 0.239 e. The van der Waals surface area contributed by atoms with E-state index in [1.807, 2.05) is 0 Å². The number of piperidine rings is 1. The van der Waals surface area contributed by atoms with Crippen molar-refractivity contribution in [3.05, 3.63) is 0 Å². The van der Waals surface area contributed by atoms with E-state index < -0.39 is 0 Å². The SMILES string of the molecule is Cl.Cl.O=C([C@H]1CCCCN1)N1CCN(C2CCCC2)CC1. The number of halogens is 2. The number of hydrogen-bond acceptors (Lipinski definition) is 3. The topological polar surface area (TPSA) is 35.6 Å². The molecule has 1 amide bonds. The molecule has 2 heterocycles. The Morgan fingerprint density at radius 1 is 0.857 bits per heavy atom. The van der Waals surface area contributed by atoms with E-state index >= 15 is 0 Å². The average molecular weight is 338 g/mol. The summed E-state index contributed by atoms with van der Waals surface area (Å²) < 4.78 is 0. The monoisotopic (exact) mass is 337 g/mol. The number of amides is 1. The van der Waals surface area contributed by atoms with E-state index in [9.17, 15) is 4.79 Å². The summed E-state index contributed by atoms with van der Waals surface area (Å²) in [6.07, 6.45) is 8.99. The Kier molecular flexibility index (Phi) is 8.32. The van der Waals surface area contributed by atoms with Gasteiger partial charge in [0.05, 0.1) is 6.04 Å². The van der Waals surface area contributed by atoms with Crippen LogP contribution in [0.3, 0.4) is 0 Å². The fourth-order valence-corrected chi connectivity index (χ4v) is 3.86. The average Bonchev–Trinajstić information content (AvgIpc) is 3.02. The summed E-state index contributed by atoms with van der Waals surface area (Å²) in [5.74, 6) is 0.353. The molecule has 2 saturated heterocycles. The van der Waals surface area contributed by atoms with Crippen molar-refractivity contribution >= 4 is 30.7 Å². The summed E-state index contributed by atoms with van der Waals surface area (Å²) in [5.41, 5.74) is 0. The minimum atomic E-state index is 0. The van der Waals surface area contributed by atoms with Gasteiger partial charge in [-0.05, 0) is 32.2 Å². The Morgan fingerprint density at radius 3 is 2.05 bits per heavy atom. The fourth-order valence-electron chi connectivity index (χ4n) is 3.86. The Bertz CT molecular complexity index is 310. The zero-order valence-electron chi connectivity index (χ0n) is 12.8. The standard InChI is InChI=1S/C15H27N3O.2ClH/c19-15(14-7-3-4-8-16-14)18-11-9-17(10-12-18)13-5-1-2-6-13;;/h13-14,16H,1-12H2;2*1H/t14-;;/m1../s1. The van der Waals surface area contributed by atoms with Crippen molar-refractivity contribution in [2.45, 2.75) is 57.0 Å². The van der Waals surface area contributed by atoms with Crippen molar-refractivity contribution in [3.63, 3.8) is 0 Å². The Morgan fingerprint density at radius 2 is 1.48 bits per heavy atom. The lowest BCUT2D eigenvalue weighted by atomic mass is 10.0. The lowest BCUT2D eigenvalue weighted by molar-refractivity contribution is -0.136. The van der Waals surface area contributed by atoms with Crippen LogP contribution in [0, 0.1) is 0 Å². The van der Waals surface area contributed by atoms with E-state index in [0.29, 0.717) is 5.91 Å². The van der Waals surface area contributed by atoms with Gasteiger partial charge in [-0.2, -0.15) is 0 Å². The number of nitrogens with one attached hydrogen (secondary N) is 1. The summed E-state index contributed by atoms with van der Waals surface area (Å²) in [6.45, 7) is 5.06. The first-order valence-electron chi connectivity index (χ1n) is 8.11. The van der Waals surface area contributed by atoms with E-state index in [-0.39, 0.29) is 30.9 Å². The highest BCUT2D eigenvalue weighted by Gasteiger charge is 2.31. The first-order chi connectivity index (χ1) is 9.34. The summed E-state index contributed by atoms with van der Waals surface area (Å²) in [4.78, 5) is 17.1. The van der Waals surface area contributed by atoms with E-state index in [2.05, 4.69) is 15.1 Å². The molecule has 3 fully saturated rings. The number of nitrogens with zero attached hydrogens (tertiary/aromatic N) is 2. The molecule has 21 heavy (non-hydrogen) atoms. The van der Waals surface area contributed by atoms with Gasteiger partial charge in [-0.25, -0.2) is 0 Å². The van der Waals surface area contributed by atoms with Crippen LogP contribution in [-0.2, 0) is 4.79 Å². The lowest BCUT2D eigenvalue weighted by Gasteiger charge is -2.39. The zero-order valence-corrected chi connectivity index (χ0v) is 14.4. The third kappa shape index (κ3) is 4.72. The second-order valence-corrected chi connectivity index (χ2v) is 6.30. The molecule has 124 valence electrons. The molecule has 1 aliphatic carbocycles. The Labute approximate surface area is 140 Å². The van der Waals surface area contributed by atoms with Crippen LogP contribution in [0.4, 0.5) is 0 Å². The first-order valence-corrected chi connectivity index (χ1v) is 8.11. The molecule has 3 aliphatic rings. The molecule has 3 rings (SSSR count). The van der Waals surface area contributed by atoms with Gasteiger partial charge < -0.3 is 10.2 Å². The van der Waals surface area contributed by atoms with E-state index in [1.54, 1.807) is 0 Å². The van der Waals surface area contributed by atoms with Crippen molar-refractivity contribution in [1.29, 1.82) is 0 Å². The highest BCUT2D eigenvalue weighted by atomic mass is 35.5. The van der Waals surface area contributed by atoms with Crippen molar-refractivity contribution in [2.24, 2.45) is 0 Å². The van der Waals surface area contributed by atoms with Crippen LogP contribution in [0.2, 0.25) is 0 Å². The van der Waals surface area contributed by atoms with Crippen LogP contribution >= 0.6 is 24.8 Å². The molecule has 0 aromatic carbocycles. The van der Waals surface area contributed by atoms with Gasteiger partial charge in [0.1, 0.15) is 0 Å². The molecule has 0 aromatic rings. The van der Waals surface area contributed by atoms with Crippen molar-refractivity contribution in [1.82, 2.24) is 15.1 Å². The molecule has 0 unspecified atom stereocenters. The predicted molar refractivity (Wildman–Crippen MR) is 90.5 cm³/mol. The fraction of sp³-hybridized carbons (Fsp3) is 0.933. The van der Waals surface area contributed by atoms with Gasteiger partial charge in [0.2, 0.25) is 5.91 Å². The molecule has 0 aromatic heterocycles. The first kappa shape index (κ1) is 19.0. The Hall–Kier alpha value is -0.0300. The lowest BCUT2D eigenvalue weighted by Crippen LogP contribution is -2.56. The second kappa shape index (κ2) is 9.19. The number of hydrogen-bond donors (Lipinski definition) is 1. The molecule has 2 aliphatic heterocycles. The van der Waals surface area contributed by atoms with Gasteiger partial charge in [0.25, 0.3) is 0 Å². The molecular formula is C15H29Cl2N3O. The van der Waals surface area contributed by atoms with Crippen LogP contribution in [0.15, 0.2) is 0 Å². The van der Waals surface area contributed by atoms with E-state index in [1.165, 1.54) is 38.5 Å². The van der Waals surface area contributed by atoms with Crippen molar-refractivity contribution in [3.8, 4) is 0 Å². The Balaban J connectivity index is 0.00000110. The summed E-state index contributed by atoms with van der Waals surface area (Å²) >= 11 is 0. The zero-order chi connectivity index (χ0) is 13.1. The van der Waals surface area contributed by atoms with Gasteiger partial charge >= 0.3 is 0 Å². The minimum absolute atomic E-state index is 0. The largest absolute Gasteiger partial charge is 0.339 e. The molecule has 4 nitrogen and oxygen atoms in total. The van der Waals surface area contributed by atoms with Gasteiger partial charge in [-0.1, -0.05) is 19.3 Å². The maximum Gasteiger partial charge on any atom is 0.239 e. The van der Waals surface area contributed by atoms with Crippen LogP contribution in [0.5, 0.6) is 0 Å². The molecule has 6 heteroatoms. The number of piperazine rings is 1. The second-order valence-electron chi connectivity index (χ2n) is 6.30. The highest BCUT2D eigenvalue weighted by Crippen LogP contribution is 2.24. The predicted octanol–water partition coefficient (Wildman–Crippen LogP) is 2.06. The van der Waals surface area contributed by atoms with Crippen molar-refractivity contribution in [2.75, 3.05) is 32.7 Å². The number of rotatable bonds is 2. The number of carbonyl (C=O) groups is 1. The van der Waals surface area contributed by atoms with Crippen LogP contribution < -0.4 is 5.32 Å². The third-order valence-corrected chi connectivity index (χ3v) is 5.08. The maximum atomic E-state index is 12.4. The number of carbonyl (C=O) groups excluding carboxylic acids is 1. The van der Waals surface area contributed by atoms with E-state index in [4.69, 9.17) is 0 Å². The van der Waals surface area contributed by atoms with Crippen LogP contribution in [0.1, 0.15) is 44.9 Å². The summed E-state index contributed by atoms with van der Waals surface area (Å²) in [7, 11) is 0. The normalized spacial score (nSPS) is 27.8. The molecule has 1 atom stereocenters. The third-order valence-electron chi connectivity index (χ3n) is 5.08. The maximum absolute atomic E-state index is 12.4. The molecule has 1 saturated carbocycles. The minimum Gasteiger partial charge on any atom is -0.339 e. The highest BCUT2D eigenvalue weighted by molar-refractivity contribution is 5.85.